The summed E-state index contributed by atoms with van der Waals surface area (Å²) < 4.78 is 5.65. The van der Waals surface area contributed by atoms with Crippen molar-refractivity contribution in [1.82, 2.24) is 9.97 Å². The smallest absolute Gasteiger partial charge is 0.134 e. The summed E-state index contributed by atoms with van der Waals surface area (Å²) in [5.41, 5.74) is 1.19. The molecule has 1 aliphatic carbocycles. The Balaban J connectivity index is 2.11. The van der Waals surface area contributed by atoms with E-state index in [2.05, 4.69) is 34.4 Å². The molecule has 5 nitrogen and oxygen atoms in total. The van der Waals surface area contributed by atoms with Crippen LogP contribution in [0.4, 0.5) is 11.6 Å². The molecule has 0 aromatic carbocycles. The van der Waals surface area contributed by atoms with Gasteiger partial charge in [0.2, 0.25) is 0 Å². The number of rotatable bonds is 8. The van der Waals surface area contributed by atoms with E-state index in [0.29, 0.717) is 0 Å². The molecule has 5 heteroatoms. The first kappa shape index (κ1) is 15.0. The molecule has 1 aromatic heterocycles. The molecular weight excluding hydrogens is 252 g/mol. The molecule has 2 rings (SSSR count). The molecule has 0 saturated heterocycles. The predicted octanol–water partition coefficient (Wildman–Crippen LogP) is 2.84. The van der Waals surface area contributed by atoms with Crippen molar-refractivity contribution >= 4 is 11.6 Å². The number of hydrogen-bond acceptors (Lipinski definition) is 5. The maximum atomic E-state index is 5.65. The molecule has 0 bridgehead atoms. The van der Waals surface area contributed by atoms with Crippen LogP contribution in [-0.4, -0.2) is 35.8 Å². The van der Waals surface area contributed by atoms with Crippen LogP contribution in [0, 0.1) is 0 Å². The van der Waals surface area contributed by atoms with E-state index in [0.717, 1.165) is 50.4 Å². The van der Waals surface area contributed by atoms with Gasteiger partial charge in [0.1, 0.15) is 18.0 Å². The molecule has 1 aromatic rings. The van der Waals surface area contributed by atoms with Gasteiger partial charge in [0.05, 0.1) is 5.60 Å². The van der Waals surface area contributed by atoms with Crippen molar-refractivity contribution in [2.24, 2.45) is 0 Å². The summed E-state index contributed by atoms with van der Waals surface area (Å²) in [4.78, 5) is 8.77. The van der Waals surface area contributed by atoms with E-state index < -0.39 is 0 Å². The molecular formula is C15H26N4O. The number of ether oxygens (including phenoxy) is 1. The first-order chi connectivity index (χ1) is 9.74. The summed E-state index contributed by atoms with van der Waals surface area (Å²) in [6, 6.07) is 0. The van der Waals surface area contributed by atoms with Gasteiger partial charge < -0.3 is 15.4 Å². The summed E-state index contributed by atoms with van der Waals surface area (Å²) >= 11 is 0. The molecule has 0 amide bonds. The van der Waals surface area contributed by atoms with Gasteiger partial charge in [-0.05, 0) is 32.6 Å². The van der Waals surface area contributed by atoms with Crippen LogP contribution >= 0.6 is 0 Å². The number of nitrogens with zero attached hydrogens (tertiary/aromatic N) is 2. The zero-order valence-electron chi connectivity index (χ0n) is 12.8. The lowest BCUT2D eigenvalue weighted by molar-refractivity contribution is -0.0601. The summed E-state index contributed by atoms with van der Waals surface area (Å²) in [5.74, 6) is 1.90. The summed E-state index contributed by atoms with van der Waals surface area (Å²) in [6.45, 7) is 5.95. The third kappa shape index (κ3) is 3.20. The Kier molecular flexibility index (Phi) is 5.17. The van der Waals surface area contributed by atoms with E-state index in [1.54, 1.807) is 13.4 Å². The highest BCUT2D eigenvalue weighted by Crippen LogP contribution is 2.35. The van der Waals surface area contributed by atoms with Crippen molar-refractivity contribution in [3.05, 3.63) is 11.9 Å². The minimum absolute atomic E-state index is 0.00673. The number of hydrogen-bond donors (Lipinski definition) is 2. The van der Waals surface area contributed by atoms with Crippen LogP contribution < -0.4 is 10.6 Å². The third-order valence-electron chi connectivity index (χ3n) is 4.07. The SMILES string of the molecule is CCCc1c(NCC)ncnc1NCC1(OC)CCC1. The highest BCUT2D eigenvalue weighted by atomic mass is 16.5. The van der Waals surface area contributed by atoms with E-state index >= 15 is 0 Å². The highest BCUT2D eigenvalue weighted by Gasteiger charge is 2.36. The quantitative estimate of drug-likeness (QED) is 0.765. The van der Waals surface area contributed by atoms with Gasteiger partial charge >= 0.3 is 0 Å². The van der Waals surface area contributed by atoms with Gasteiger partial charge in [-0.25, -0.2) is 9.97 Å². The Morgan fingerprint density at radius 3 is 2.40 bits per heavy atom. The van der Waals surface area contributed by atoms with Gasteiger partial charge in [-0.1, -0.05) is 13.3 Å². The number of anilines is 2. The molecule has 1 heterocycles. The van der Waals surface area contributed by atoms with Gasteiger partial charge in [-0.2, -0.15) is 0 Å². The number of aromatic nitrogens is 2. The number of methoxy groups -OCH3 is 1. The molecule has 0 spiro atoms. The summed E-state index contributed by atoms with van der Waals surface area (Å²) in [5, 5.41) is 6.79. The minimum Gasteiger partial charge on any atom is -0.376 e. The fourth-order valence-electron chi connectivity index (χ4n) is 2.64. The van der Waals surface area contributed by atoms with Gasteiger partial charge in [-0.3, -0.25) is 0 Å². The maximum Gasteiger partial charge on any atom is 0.134 e. The minimum atomic E-state index is 0.00673. The second-order valence-corrected chi connectivity index (χ2v) is 5.42. The molecule has 0 atom stereocenters. The second kappa shape index (κ2) is 6.88. The van der Waals surface area contributed by atoms with Gasteiger partial charge in [0, 0.05) is 25.8 Å². The largest absolute Gasteiger partial charge is 0.376 e. The number of nitrogens with one attached hydrogen (secondary N) is 2. The van der Waals surface area contributed by atoms with E-state index in [1.807, 2.05) is 0 Å². The second-order valence-electron chi connectivity index (χ2n) is 5.42. The molecule has 0 unspecified atom stereocenters. The molecule has 1 saturated carbocycles. The highest BCUT2D eigenvalue weighted by molar-refractivity contribution is 5.57. The Hall–Kier alpha value is -1.36. The van der Waals surface area contributed by atoms with Gasteiger partial charge in [-0.15, -0.1) is 0 Å². The average molecular weight is 278 g/mol. The van der Waals surface area contributed by atoms with Gasteiger partial charge in [0.25, 0.3) is 0 Å². The Bertz CT molecular complexity index is 426. The third-order valence-corrected chi connectivity index (χ3v) is 4.07. The van der Waals surface area contributed by atoms with Crippen molar-refractivity contribution in [1.29, 1.82) is 0 Å². The van der Waals surface area contributed by atoms with E-state index in [1.165, 1.54) is 12.0 Å². The average Bonchev–Trinajstić information content (AvgIpc) is 2.41. The first-order valence-electron chi connectivity index (χ1n) is 7.61. The Morgan fingerprint density at radius 1 is 1.20 bits per heavy atom. The van der Waals surface area contributed by atoms with Crippen LogP contribution in [0.1, 0.15) is 45.1 Å². The predicted molar refractivity (Wildman–Crippen MR) is 82.3 cm³/mol. The van der Waals surface area contributed by atoms with E-state index in [4.69, 9.17) is 4.74 Å². The molecule has 0 aliphatic heterocycles. The zero-order chi connectivity index (χ0) is 14.4. The Labute approximate surface area is 121 Å². The van der Waals surface area contributed by atoms with Crippen LogP contribution in [-0.2, 0) is 11.2 Å². The molecule has 1 aliphatic rings. The lowest BCUT2D eigenvalue weighted by Gasteiger charge is -2.40. The monoisotopic (exact) mass is 278 g/mol. The maximum absolute atomic E-state index is 5.65. The van der Waals surface area contributed by atoms with Crippen molar-refractivity contribution in [2.45, 2.75) is 51.6 Å². The van der Waals surface area contributed by atoms with Crippen molar-refractivity contribution in [3.63, 3.8) is 0 Å². The lowest BCUT2D eigenvalue weighted by atomic mass is 9.80. The zero-order valence-corrected chi connectivity index (χ0v) is 12.8. The van der Waals surface area contributed by atoms with Gasteiger partial charge in [0.15, 0.2) is 0 Å². The molecule has 112 valence electrons. The van der Waals surface area contributed by atoms with Crippen LogP contribution in [0.2, 0.25) is 0 Å². The van der Waals surface area contributed by atoms with Crippen molar-refractivity contribution in [2.75, 3.05) is 30.8 Å². The molecule has 20 heavy (non-hydrogen) atoms. The van der Waals surface area contributed by atoms with Crippen LogP contribution in [0.5, 0.6) is 0 Å². The summed E-state index contributed by atoms with van der Waals surface area (Å²) in [7, 11) is 1.80. The normalized spacial score (nSPS) is 16.6. The lowest BCUT2D eigenvalue weighted by Crippen LogP contribution is -2.45. The topological polar surface area (TPSA) is 59.1 Å². The van der Waals surface area contributed by atoms with Crippen LogP contribution in [0.3, 0.4) is 0 Å². The standard InChI is InChI=1S/C15H26N4O/c1-4-7-12-13(16-5-2)18-11-19-14(12)17-10-15(20-3)8-6-9-15/h11H,4-10H2,1-3H3,(H2,16,17,18,19). The van der Waals surface area contributed by atoms with Crippen LogP contribution in [0.25, 0.3) is 0 Å². The summed E-state index contributed by atoms with van der Waals surface area (Å²) in [6.07, 6.45) is 7.19. The first-order valence-corrected chi connectivity index (χ1v) is 7.61. The fourth-order valence-corrected chi connectivity index (χ4v) is 2.64. The molecule has 0 radical (unpaired) electrons. The van der Waals surface area contributed by atoms with Crippen molar-refractivity contribution < 1.29 is 4.74 Å². The molecule has 1 fully saturated rings. The van der Waals surface area contributed by atoms with E-state index in [-0.39, 0.29) is 5.60 Å². The van der Waals surface area contributed by atoms with E-state index in [9.17, 15) is 0 Å². The van der Waals surface area contributed by atoms with Crippen molar-refractivity contribution in [3.8, 4) is 0 Å². The fraction of sp³-hybridized carbons (Fsp3) is 0.733. The Morgan fingerprint density at radius 2 is 1.90 bits per heavy atom. The van der Waals surface area contributed by atoms with Crippen LogP contribution in [0.15, 0.2) is 6.33 Å². The molecule has 2 N–H and O–H groups in total.